The van der Waals surface area contributed by atoms with Gasteiger partial charge in [-0.15, -0.1) is 0 Å². The minimum atomic E-state index is 1.05. The molecule has 0 aliphatic carbocycles. The molecule has 1 aliphatic heterocycles. The van der Waals surface area contributed by atoms with Crippen LogP contribution in [0.2, 0.25) is 0 Å². The van der Waals surface area contributed by atoms with Gasteiger partial charge in [-0.05, 0) is 18.6 Å². The van der Waals surface area contributed by atoms with Gasteiger partial charge in [-0.3, -0.25) is 0 Å². The van der Waals surface area contributed by atoms with Crippen LogP contribution in [0.1, 0.15) is 6.42 Å². The molecular weight excluding hydrogens is 148 g/mol. The van der Waals surface area contributed by atoms with Gasteiger partial charge >= 0.3 is 0 Å². The van der Waals surface area contributed by atoms with E-state index < -0.39 is 0 Å². The highest BCUT2D eigenvalue weighted by molar-refractivity contribution is 5.42. The van der Waals surface area contributed by atoms with Gasteiger partial charge in [0.15, 0.2) is 0 Å². The van der Waals surface area contributed by atoms with E-state index in [0.29, 0.717) is 0 Å². The lowest BCUT2D eigenvalue weighted by Crippen LogP contribution is -2.28. The Bertz CT molecular complexity index is 286. The third-order valence-electron chi connectivity index (χ3n) is 2.30. The first-order chi connectivity index (χ1) is 5.88. The van der Waals surface area contributed by atoms with Gasteiger partial charge in [-0.1, -0.05) is 12.2 Å². The van der Waals surface area contributed by atoms with Gasteiger partial charge in [-0.25, -0.2) is 0 Å². The van der Waals surface area contributed by atoms with Crippen molar-refractivity contribution in [3.63, 3.8) is 0 Å². The van der Waals surface area contributed by atoms with Gasteiger partial charge in [0.05, 0.1) is 0 Å². The quantitative estimate of drug-likeness (QED) is 0.571. The first kappa shape index (κ1) is 7.47. The standard InChI is InChI=1S/C10H14N2/c1-11-7-5-6-10(11)12-8-3-2-4-9-12/h2-3,5-7H,4,8-9H2,1H3. The molecule has 2 rings (SSSR count). The van der Waals surface area contributed by atoms with Crippen molar-refractivity contribution >= 4 is 5.82 Å². The lowest BCUT2D eigenvalue weighted by Gasteiger charge is -2.25. The average Bonchev–Trinajstić information content (AvgIpc) is 2.53. The SMILES string of the molecule is Cn1cccc1N1CC=CCC1. The topological polar surface area (TPSA) is 8.17 Å². The van der Waals surface area contributed by atoms with Crippen molar-refractivity contribution in [2.24, 2.45) is 7.05 Å². The molecule has 64 valence electrons. The van der Waals surface area contributed by atoms with E-state index in [1.54, 1.807) is 0 Å². The highest BCUT2D eigenvalue weighted by Gasteiger charge is 2.08. The summed E-state index contributed by atoms with van der Waals surface area (Å²) >= 11 is 0. The van der Waals surface area contributed by atoms with Crippen molar-refractivity contribution in [3.05, 3.63) is 30.5 Å². The van der Waals surface area contributed by atoms with Gasteiger partial charge in [0, 0.05) is 26.3 Å². The molecule has 0 amide bonds. The maximum Gasteiger partial charge on any atom is 0.108 e. The lowest BCUT2D eigenvalue weighted by atomic mass is 10.2. The molecular formula is C10H14N2. The van der Waals surface area contributed by atoms with E-state index in [-0.39, 0.29) is 0 Å². The molecule has 0 bridgehead atoms. The predicted molar refractivity (Wildman–Crippen MR) is 51.4 cm³/mol. The van der Waals surface area contributed by atoms with Crippen LogP contribution in [-0.2, 0) is 7.05 Å². The molecule has 0 spiro atoms. The Labute approximate surface area is 73.1 Å². The molecule has 2 heterocycles. The summed E-state index contributed by atoms with van der Waals surface area (Å²) < 4.78 is 2.17. The summed E-state index contributed by atoms with van der Waals surface area (Å²) in [6.45, 7) is 2.20. The van der Waals surface area contributed by atoms with Crippen LogP contribution in [0.15, 0.2) is 30.5 Å². The van der Waals surface area contributed by atoms with Crippen molar-refractivity contribution in [1.29, 1.82) is 0 Å². The second-order valence-corrected chi connectivity index (χ2v) is 3.18. The summed E-state index contributed by atoms with van der Waals surface area (Å²) in [6, 6.07) is 4.26. The third kappa shape index (κ3) is 1.24. The van der Waals surface area contributed by atoms with Crippen molar-refractivity contribution in [2.45, 2.75) is 6.42 Å². The number of hydrogen-bond donors (Lipinski definition) is 0. The fourth-order valence-corrected chi connectivity index (χ4v) is 1.63. The largest absolute Gasteiger partial charge is 0.354 e. The molecule has 1 aromatic heterocycles. The maximum absolute atomic E-state index is 2.39. The van der Waals surface area contributed by atoms with Crippen molar-refractivity contribution in [1.82, 2.24) is 4.57 Å². The van der Waals surface area contributed by atoms with E-state index in [2.05, 4.69) is 47.0 Å². The summed E-state index contributed by atoms with van der Waals surface area (Å²) in [6.07, 6.45) is 7.74. The van der Waals surface area contributed by atoms with Crippen LogP contribution in [0.3, 0.4) is 0 Å². The molecule has 2 nitrogen and oxygen atoms in total. The lowest BCUT2D eigenvalue weighted by molar-refractivity contribution is 0.768. The van der Waals surface area contributed by atoms with Crippen LogP contribution in [0.25, 0.3) is 0 Å². The Hall–Kier alpha value is -1.18. The van der Waals surface area contributed by atoms with Gasteiger partial charge in [0.2, 0.25) is 0 Å². The van der Waals surface area contributed by atoms with Crippen LogP contribution in [0.5, 0.6) is 0 Å². The smallest absolute Gasteiger partial charge is 0.108 e. The third-order valence-corrected chi connectivity index (χ3v) is 2.30. The first-order valence-electron chi connectivity index (χ1n) is 4.39. The number of aryl methyl sites for hydroxylation is 1. The average molecular weight is 162 g/mol. The number of nitrogens with zero attached hydrogens (tertiary/aromatic N) is 2. The zero-order valence-electron chi connectivity index (χ0n) is 7.40. The van der Waals surface area contributed by atoms with Crippen molar-refractivity contribution in [2.75, 3.05) is 18.0 Å². The first-order valence-corrected chi connectivity index (χ1v) is 4.39. The molecule has 0 unspecified atom stereocenters. The Morgan fingerprint density at radius 1 is 1.33 bits per heavy atom. The minimum absolute atomic E-state index is 1.05. The summed E-state index contributed by atoms with van der Waals surface area (Å²) in [5.74, 6) is 1.32. The summed E-state index contributed by atoms with van der Waals surface area (Å²) in [5.41, 5.74) is 0. The number of anilines is 1. The van der Waals surface area contributed by atoms with Crippen LogP contribution >= 0.6 is 0 Å². The van der Waals surface area contributed by atoms with Crippen LogP contribution in [-0.4, -0.2) is 17.7 Å². The van der Waals surface area contributed by atoms with E-state index in [0.717, 1.165) is 13.1 Å². The minimum Gasteiger partial charge on any atom is -0.354 e. The van der Waals surface area contributed by atoms with Crippen molar-refractivity contribution in [3.8, 4) is 0 Å². The molecule has 2 heteroatoms. The van der Waals surface area contributed by atoms with Crippen LogP contribution < -0.4 is 4.90 Å². The van der Waals surface area contributed by atoms with Crippen molar-refractivity contribution < 1.29 is 0 Å². The number of rotatable bonds is 1. The molecule has 0 aromatic carbocycles. The van der Waals surface area contributed by atoms with E-state index in [1.807, 2.05) is 0 Å². The fraction of sp³-hybridized carbons (Fsp3) is 0.400. The van der Waals surface area contributed by atoms with E-state index in [4.69, 9.17) is 0 Å². The molecule has 0 N–H and O–H groups in total. The molecule has 0 fully saturated rings. The Balaban J connectivity index is 2.19. The molecule has 1 aromatic rings. The molecule has 0 saturated heterocycles. The highest BCUT2D eigenvalue weighted by Crippen LogP contribution is 2.16. The van der Waals surface area contributed by atoms with Crippen LogP contribution in [0, 0.1) is 0 Å². The Morgan fingerprint density at radius 2 is 2.25 bits per heavy atom. The van der Waals surface area contributed by atoms with Gasteiger partial charge < -0.3 is 9.47 Å². The second kappa shape index (κ2) is 3.05. The monoisotopic (exact) mass is 162 g/mol. The van der Waals surface area contributed by atoms with Gasteiger partial charge in [-0.2, -0.15) is 0 Å². The predicted octanol–water partition coefficient (Wildman–Crippen LogP) is 1.79. The van der Waals surface area contributed by atoms with E-state index >= 15 is 0 Å². The number of hydrogen-bond acceptors (Lipinski definition) is 1. The molecule has 12 heavy (non-hydrogen) atoms. The zero-order chi connectivity index (χ0) is 8.39. The van der Waals surface area contributed by atoms with E-state index in [1.165, 1.54) is 12.2 Å². The molecule has 0 saturated carbocycles. The van der Waals surface area contributed by atoms with E-state index in [9.17, 15) is 0 Å². The van der Waals surface area contributed by atoms with Gasteiger partial charge in [0.25, 0.3) is 0 Å². The summed E-state index contributed by atoms with van der Waals surface area (Å²) in [5, 5.41) is 0. The zero-order valence-corrected chi connectivity index (χ0v) is 7.40. The Morgan fingerprint density at radius 3 is 2.83 bits per heavy atom. The summed E-state index contributed by atoms with van der Waals surface area (Å²) in [7, 11) is 2.09. The highest BCUT2D eigenvalue weighted by atomic mass is 15.2. The fourth-order valence-electron chi connectivity index (χ4n) is 1.63. The number of aromatic nitrogens is 1. The van der Waals surface area contributed by atoms with Gasteiger partial charge in [0.1, 0.15) is 5.82 Å². The van der Waals surface area contributed by atoms with Crippen LogP contribution in [0.4, 0.5) is 5.82 Å². The second-order valence-electron chi connectivity index (χ2n) is 3.18. The molecule has 1 aliphatic rings. The molecule has 0 radical (unpaired) electrons. The Kier molecular flexibility index (Phi) is 1.90. The summed E-state index contributed by atoms with van der Waals surface area (Å²) in [4.78, 5) is 2.39. The normalized spacial score (nSPS) is 16.9. The molecule has 0 atom stereocenters. The maximum atomic E-state index is 2.39.